The Labute approximate surface area is 122 Å². The SMILES string of the molecule is CCC(NCc1cnc(C)cn1)c1cccc(Br)c1. The minimum Gasteiger partial charge on any atom is -0.304 e. The van der Waals surface area contributed by atoms with Crippen molar-refractivity contribution in [2.24, 2.45) is 0 Å². The Morgan fingerprint density at radius 1 is 1.26 bits per heavy atom. The maximum Gasteiger partial charge on any atom is 0.0724 e. The third-order valence-electron chi connectivity index (χ3n) is 3.02. The zero-order valence-electron chi connectivity index (χ0n) is 11.2. The Balaban J connectivity index is 2.01. The van der Waals surface area contributed by atoms with Gasteiger partial charge in [0.15, 0.2) is 0 Å². The average molecular weight is 320 g/mol. The van der Waals surface area contributed by atoms with Crippen molar-refractivity contribution in [1.82, 2.24) is 15.3 Å². The maximum absolute atomic E-state index is 4.36. The predicted octanol–water partition coefficient (Wildman–Crippen LogP) is 3.79. The molecule has 0 bridgehead atoms. The molecule has 1 atom stereocenters. The van der Waals surface area contributed by atoms with Crippen LogP contribution in [0.3, 0.4) is 0 Å². The third kappa shape index (κ3) is 4.11. The lowest BCUT2D eigenvalue weighted by molar-refractivity contribution is 0.513. The monoisotopic (exact) mass is 319 g/mol. The van der Waals surface area contributed by atoms with Gasteiger partial charge in [0.05, 0.1) is 11.4 Å². The number of nitrogens with one attached hydrogen (secondary N) is 1. The Bertz CT molecular complexity index is 525. The number of benzene rings is 1. The molecule has 0 spiro atoms. The molecule has 1 heterocycles. The van der Waals surface area contributed by atoms with Crippen molar-refractivity contribution in [2.75, 3.05) is 0 Å². The highest BCUT2D eigenvalue weighted by molar-refractivity contribution is 9.10. The summed E-state index contributed by atoms with van der Waals surface area (Å²) in [6.45, 7) is 4.86. The summed E-state index contributed by atoms with van der Waals surface area (Å²) in [7, 11) is 0. The summed E-state index contributed by atoms with van der Waals surface area (Å²) in [6.07, 6.45) is 4.67. The number of hydrogen-bond acceptors (Lipinski definition) is 3. The molecule has 1 aromatic heterocycles. The van der Waals surface area contributed by atoms with Crippen LogP contribution in [0.25, 0.3) is 0 Å². The van der Waals surface area contributed by atoms with Crippen molar-refractivity contribution >= 4 is 15.9 Å². The second kappa shape index (κ2) is 6.78. The van der Waals surface area contributed by atoms with Crippen LogP contribution >= 0.6 is 15.9 Å². The van der Waals surface area contributed by atoms with Gasteiger partial charge in [-0.15, -0.1) is 0 Å². The van der Waals surface area contributed by atoms with Crippen LogP contribution in [0.4, 0.5) is 0 Å². The predicted molar refractivity (Wildman–Crippen MR) is 80.8 cm³/mol. The first kappa shape index (κ1) is 14.2. The average Bonchev–Trinajstić information content (AvgIpc) is 2.42. The molecule has 3 nitrogen and oxygen atoms in total. The molecule has 2 aromatic rings. The highest BCUT2D eigenvalue weighted by atomic mass is 79.9. The minimum absolute atomic E-state index is 0.334. The molecule has 19 heavy (non-hydrogen) atoms. The van der Waals surface area contributed by atoms with E-state index in [-0.39, 0.29) is 0 Å². The lowest BCUT2D eigenvalue weighted by Crippen LogP contribution is -2.21. The normalized spacial score (nSPS) is 12.4. The Morgan fingerprint density at radius 3 is 2.74 bits per heavy atom. The molecule has 0 fully saturated rings. The molecule has 4 heteroatoms. The van der Waals surface area contributed by atoms with E-state index in [1.54, 1.807) is 6.20 Å². The first-order chi connectivity index (χ1) is 9.19. The van der Waals surface area contributed by atoms with E-state index in [1.165, 1.54) is 5.56 Å². The molecule has 1 unspecified atom stereocenters. The Morgan fingerprint density at radius 2 is 2.11 bits per heavy atom. The van der Waals surface area contributed by atoms with Crippen molar-refractivity contribution in [3.05, 3.63) is 58.1 Å². The first-order valence-electron chi connectivity index (χ1n) is 6.45. The van der Waals surface area contributed by atoms with Crippen LogP contribution in [-0.2, 0) is 6.54 Å². The smallest absolute Gasteiger partial charge is 0.0724 e. The van der Waals surface area contributed by atoms with Gasteiger partial charge in [-0.1, -0.05) is 35.0 Å². The second-order valence-electron chi connectivity index (χ2n) is 4.55. The van der Waals surface area contributed by atoms with Crippen LogP contribution in [0.2, 0.25) is 0 Å². The van der Waals surface area contributed by atoms with Gasteiger partial charge in [-0.25, -0.2) is 0 Å². The molecular formula is C15H18BrN3. The number of hydrogen-bond donors (Lipinski definition) is 1. The van der Waals surface area contributed by atoms with Gasteiger partial charge in [-0.2, -0.15) is 0 Å². The summed E-state index contributed by atoms with van der Waals surface area (Å²) in [5.41, 5.74) is 3.21. The van der Waals surface area contributed by atoms with E-state index < -0.39 is 0 Å². The largest absolute Gasteiger partial charge is 0.304 e. The first-order valence-corrected chi connectivity index (χ1v) is 7.24. The van der Waals surface area contributed by atoms with Gasteiger partial charge in [0.25, 0.3) is 0 Å². The van der Waals surface area contributed by atoms with E-state index in [4.69, 9.17) is 0 Å². The number of aromatic nitrogens is 2. The summed E-state index contributed by atoms with van der Waals surface area (Å²) in [5.74, 6) is 0. The van der Waals surface area contributed by atoms with Crippen LogP contribution in [0.5, 0.6) is 0 Å². The van der Waals surface area contributed by atoms with Gasteiger partial charge < -0.3 is 5.32 Å². The van der Waals surface area contributed by atoms with Gasteiger partial charge in [0.1, 0.15) is 0 Å². The third-order valence-corrected chi connectivity index (χ3v) is 3.52. The van der Waals surface area contributed by atoms with Crippen molar-refractivity contribution in [2.45, 2.75) is 32.9 Å². The van der Waals surface area contributed by atoms with E-state index in [0.29, 0.717) is 6.04 Å². The fourth-order valence-corrected chi connectivity index (χ4v) is 2.38. The second-order valence-corrected chi connectivity index (χ2v) is 5.46. The fourth-order valence-electron chi connectivity index (χ4n) is 1.96. The lowest BCUT2D eigenvalue weighted by atomic mass is 10.0. The quantitative estimate of drug-likeness (QED) is 0.911. The molecule has 0 saturated heterocycles. The van der Waals surface area contributed by atoms with Gasteiger partial charge in [0, 0.05) is 29.5 Å². The molecule has 0 amide bonds. The van der Waals surface area contributed by atoms with E-state index in [2.05, 4.69) is 56.3 Å². The number of aryl methyl sites for hydroxylation is 1. The molecular weight excluding hydrogens is 302 g/mol. The maximum atomic E-state index is 4.36. The molecule has 0 aliphatic rings. The van der Waals surface area contributed by atoms with Crippen LogP contribution in [0, 0.1) is 6.92 Å². The van der Waals surface area contributed by atoms with Gasteiger partial charge in [-0.05, 0) is 31.0 Å². The van der Waals surface area contributed by atoms with Crippen molar-refractivity contribution in [3.8, 4) is 0 Å². The molecule has 1 N–H and O–H groups in total. The van der Waals surface area contributed by atoms with Crippen molar-refractivity contribution in [1.29, 1.82) is 0 Å². The van der Waals surface area contributed by atoms with Gasteiger partial charge in [0.2, 0.25) is 0 Å². The molecule has 1 aromatic carbocycles. The molecule has 100 valence electrons. The summed E-state index contributed by atoms with van der Waals surface area (Å²) >= 11 is 3.51. The van der Waals surface area contributed by atoms with E-state index >= 15 is 0 Å². The summed E-state index contributed by atoms with van der Waals surface area (Å²) in [6, 6.07) is 8.74. The zero-order valence-corrected chi connectivity index (χ0v) is 12.8. The highest BCUT2D eigenvalue weighted by Crippen LogP contribution is 2.20. The van der Waals surface area contributed by atoms with E-state index in [1.807, 2.05) is 19.2 Å². The molecule has 0 aliphatic carbocycles. The lowest BCUT2D eigenvalue weighted by Gasteiger charge is -2.17. The molecule has 2 rings (SSSR count). The van der Waals surface area contributed by atoms with E-state index in [9.17, 15) is 0 Å². The Kier molecular flexibility index (Phi) is 5.05. The molecule has 0 aliphatic heterocycles. The summed E-state index contributed by atoms with van der Waals surface area (Å²) < 4.78 is 1.11. The highest BCUT2D eigenvalue weighted by Gasteiger charge is 2.09. The van der Waals surface area contributed by atoms with Crippen LogP contribution in [-0.4, -0.2) is 9.97 Å². The van der Waals surface area contributed by atoms with E-state index in [0.717, 1.165) is 28.8 Å². The topological polar surface area (TPSA) is 37.8 Å². The summed E-state index contributed by atoms with van der Waals surface area (Å²) in [5, 5.41) is 3.53. The van der Waals surface area contributed by atoms with Crippen LogP contribution in [0.1, 0.15) is 36.3 Å². The molecule has 0 saturated carbocycles. The standard InChI is InChI=1S/C15H18BrN3/c1-3-15(12-5-4-6-13(16)7-12)19-10-14-9-17-11(2)8-18-14/h4-9,15,19H,3,10H2,1-2H3. The summed E-state index contributed by atoms with van der Waals surface area (Å²) in [4.78, 5) is 8.62. The van der Waals surface area contributed by atoms with Crippen molar-refractivity contribution in [3.63, 3.8) is 0 Å². The number of nitrogens with zero attached hydrogens (tertiary/aromatic N) is 2. The molecule has 0 radical (unpaired) electrons. The Hall–Kier alpha value is -1.26. The van der Waals surface area contributed by atoms with Crippen LogP contribution < -0.4 is 5.32 Å². The minimum atomic E-state index is 0.334. The van der Waals surface area contributed by atoms with Crippen LogP contribution in [0.15, 0.2) is 41.1 Å². The van der Waals surface area contributed by atoms with Crippen molar-refractivity contribution < 1.29 is 0 Å². The van der Waals surface area contributed by atoms with Gasteiger partial charge in [-0.3, -0.25) is 9.97 Å². The number of rotatable bonds is 5. The van der Waals surface area contributed by atoms with Gasteiger partial charge >= 0.3 is 0 Å². The zero-order chi connectivity index (χ0) is 13.7. The fraction of sp³-hybridized carbons (Fsp3) is 0.333. The number of halogens is 1.